The Labute approximate surface area is 285 Å². The SMILES string of the molecule is COc1cc(/C=N/n2c(-c3ccc(-c4ccccc4)cc3)csc2=Nc2ccc(S(=O)(=O)N3CCOCC3)cc2)ccc1OCC(C)C. The van der Waals surface area contributed by atoms with E-state index in [2.05, 4.69) is 50.2 Å². The first-order valence-electron chi connectivity index (χ1n) is 15.8. The topological polar surface area (TPSA) is 94.7 Å². The summed E-state index contributed by atoms with van der Waals surface area (Å²) in [6.07, 6.45) is 1.76. The molecule has 1 aromatic heterocycles. The van der Waals surface area contributed by atoms with Crippen LogP contribution >= 0.6 is 11.3 Å². The molecule has 2 heterocycles. The minimum absolute atomic E-state index is 0.231. The molecule has 1 saturated heterocycles. The molecule has 9 nitrogen and oxygen atoms in total. The number of thiazole rings is 1. The van der Waals surface area contributed by atoms with Crippen molar-refractivity contribution in [1.29, 1.82) is 0 Å². The van der Waals surface area contributed by atoms with Gasteiger partial charge in [0, 0.05) is 24.0 Å². The van der Waals surface area contributed by atoms with Gasteiger partial charge in [-0.1, -0.05) is 68.4 Å². The number of rotatable bonds is 11. The molecule has 0 spiro atoms. The number of morpholine rings is 1. The maximum Gasteiger partial charge on any atom is 0.243 e. The Morgan fingerprint density at radius 3 is 2.25 bits per heavy atom. The zero-order valence-corrected chi connectivity index (χ0v) is 28.8. The lowest BCUT2D eigenvalue weighted by molar-refractivity contribution is 0.0730. The van der Waals surface area contributed by atoms with E-state index in [-0.39, 0.29) is 4.90 Å². The smallest absolute Gasteiger partial charge is 0.243 e. The van der Waals surface area contributed by atoms with Crippen molar-refractivity contribution in [2.75, 3.05) is 40.0 Å². The Bertz CT molecular complexity index is 2030. The van der Waals surface area contributed by atoms with Gasteiger partial charge in [-0.05, 0) is 65.1 Å². The summed E-state index contributed by atoms with van der Waals surface area (Å²) in [6.45, 7) is 6.27. The lowest BCUT2D eigenvalue weighted by atomic mass is 10.0. The summed E-state index contributed by atoms with van der Waals surface area (Å²) in [7, 11) is -1.98. The molecular formula is C37H38N4O5S2. The van der Waals surface area contributed by atoms with Gasteiger partial charge in [-0.25, -0.2) is 18.1 Å². The van der Waals surface area contributed by atoms with Gasteiger partial charge in [-0.15, -0.1) is 11.3 Å². The summed E-state index contributed by atoms with van der Waals surface area (Å²) >= 11 is 1.45. The van der Waals surface area contributed by atoms with Crippen molar-refractivity contribution in [1.82, 2.24) is 8.98 Å². The van der Waals surface area contributed by atoms with Crippen molar-refractivity contribution in [2.24, 2.45) is 16.0 Å². The first kappa shape index (κ1) is 33.4. The third-order valence-electron chi connectivity index (χ3n) is 7.72. The lowest BCUT2D eigenvalue weighted by Crippen LogP contribution is -2.40. The summed E-state index contributed by atoms with van der Waals surface area (Å²) < 4.78 is 46.4. The van der Waals surface area contributed by atoms with Gasteiger partial charge in [0.15, 0.2) is 11.5 Å². The summed E-state index contributed by atoms with van der Waals surface area (Å²) in [6, 6.07) is 31.0. The second kappa shape index (κ2) is 15.1. The van der Waals surface area contributed by atoms with Gasteiger partial charge in [-0.2, -0.15) is 9.41 Å². The van der Waals surface area contributed by atoms with Crippen LogP contribution in [0.2, 0.25) is 0 Å². The Morgan fingerprint density at radius 1 is 0.875 bits per heavy atom. The summed E-state index contributed by atoms with van der Waals surface area (Å²) in [5, 5.41) is 6.91. The van der Waals surface area contributed by atoms with E-state index in [1.165, 1.54) is 15.6 Å². The van der Waals surface area contributed by atoms with Gasteiger partial charge in [0.1, 0.15) is 0 Å². The fourth-order valence-corrected chi connectivity index (χ4v) is 7.42. The molecule has 11 heteroatoms. The van der Waals surface area contributed by atoms with E-state index >= 15 is 0 Å². The molecule has 248 valence electrons. The van der Waals surface area contributed by atoms with E-state index in [9.17, 15) is 8.42 Å². The Morgan fingerprint density at radius 2 is 1.56 bits per heavy atom. The molecule has 0 saturated carbocycles. The van der Waals surface area contributed by atoms with Crippen LogP contribution in [0, 0.1) is 5.92 Å². The van der Waals surface area contributed by atoms with Crippen molar-refractivity contribution in [3.05, 3.63) is 113 Å². The summed E-state index contributed by atoms with van der Waals surface area (Å²) in [4.78, 5) is 5.74. The highest BCUT2D eigenvalue weighted by molar-refractivity contribution is 7.89. The molecule has 0 radical (unpaired) electrons. The molecule has 0 atom stereocenters. The molecule has 0 amide bonds. The normalized spacial score (nSPS) is 14.5. The van der Waals surface area contributed by atoms with E-state index in [0.717, 1.165) is 27.9 Å². The minimum atomic E-state index is -3.61. The molecule has 1 fully saturated rings. The Hall–Kier alpha value is -4.55. The number of benzene rings is 4. The highest BCUT2D eigenvalue weighted by atomic mass is 32.2. The minimum Gasteiger partial charge on any atom is -0.493 e. The molecule has 4 aromatic carbocycles. The van der Waals surface area contributed by atoms with E-state index in [4.69, 9.17) is 24.3 Å². The van der Waals surface area contributed by atoms with E-state index in [1.54, 1.807) is 42.3 Å². The first-order valence-corrected chi connectivity index (χ1v) is 18.1. The van der Waals surface area contributed by atoms with Gasteiger partial charge in [0.2, 0.25) is 14.8 Å². The third-order valence-corrected chi connectivity index (χ3v) is 10.5. The molecule has 1 aliphatic rings. The van der Waals surface area contributed by atoms with Gasteiger partial charge in [-0.3, -0.25) is 0 Å². The molecule has 0 N–H and O–H groups in total. The van der Waals surface area contributed by atoms with Crippen LogP contribution in [0.5, 0.6) is 11.5 Å². The standard InChI is InChI=1S/C37H38N4O5S2/c1-27(2)25-46-35-18-9-28(23-36(35)44-3)24-38-41-34(31-12-10-30(11-13-31)29-7-5-4-6-8-29)26-47-37(41)39-32-14-16-33(17-15-32)48(42,43)40-19-21-45-22-20-40/h4-18,23-24,26-27H,19-22,25H2,1-3H3/b38-24+,39-37?. The molecule has 6 rings (SSSR count). The average Bonchev–Trinajstić information content (AvgIpc) is 3.52. The first-order chi connectivity index (χ1) is 23.3. The van der Waals surface area contributed by atoms with Crippen LogP contribution in [-0.2, 0) is 14.8 Å². The number of aromatic nitrogens is 1. The maximum absolute atomic E-state index is 13.1. The zero-order valence-electron chi connectivity index (χ0n) is 27.2. The van der Waals surface area contributed by atoms with Crippen molar-refractivity contribution in [2.45, 2.75) is 18.7 Å². The number of sulfonamides is 1. The highest BCUT2D eigenvalue weighted by Crippen LogP contribution is 2.29. The monoisotopic (exact) mass is 682 g/mol. The van der Waals surface area contributed by atoms with Gasteiger partial charge >= 0.3 is 0 Å². The second-order valence-corrected chi connectivity index (χ2v) is 14.4. The predicted octanol–water partition coefficient (Wildman–Crippen LogP) is 7.06. The fourth-order valence-electron chi connectivity index (χ4n) is 5.15. The van der Waals surface area contributed by atoms with E-state index in [0.29, 0.717) is 60.8 Å². The highest BCUT2D eigenvalue weighted by Gasteiger charge is 2.26. The Kier molecular flexibility index (Phi) is 10.5. The van der Waals surface area contributed by atoms with Crippen molar-refractivity contribution >= 4 is 33.3 Å². The zero-order chi connectivity index (χ0) is 33.5. The van der Waals surface area contributed by atoms with Crippen LogP contribution < -0.4 is 14.3 Å². The lowest BCUT2D eigenvalue weighted by Gasteiger charge is -2.26. The van der Waals surface area contributed by atoms with Crippen LogP contribution in [0.25, 0.3) is 22.4 Å². The molecule has 48 heavy (non-hydrogen) atoms. The number of ether oxygens (including phenoxy) is 3. The van der Waals surface area contributed by atoms with Crippen molar-refractivity contribution in [3.8, 4) is 33.9 Å². The van der Waals surface area contributed by atoms with E-state index in [1.807, 2.05) is 41.8 Å². The third kappa shape index (κ3) is 7.77. The molecule has 0 unspecified atom stereocenters. The molecular weight excluding hydrogens is 645 g/mol. The predicted molar refractivity (Wildman–Crippen MR) is 191 cm³/mol. The maximum atomic E-state index is 13.1. The number of methoxy groups -OCH3 is 1. The van der Waals surface area contributed by atoms with Crippen LogP contribution in [0.3, 0.4) is 0 Å². The summed E-state index contributed by atoms with van der Waals surface area (Å²) in [5.41, 5.74) is 5.55. The van der Waals surface area contributed by atoms with E-state index < -0.39 is 10.0 Å². The van der Waals surface area contributed by atoms with Gasteiger partial charge in [0.25, 0.3) is 0 Å². The molecule has 0 aliphatic carbocycles. The van der Waals surface area contributed by atoms with Crippen molar-refractivity contribution in [3.63, 3.8) is 0 Å². The molecule has 0 bridgehead atoms. The molecule has 5 aromatic rings. The molecule has 1 aliphatic heterocycles. The average molecular weight is 683 g/mol. The van der Waals surface area contributed by atoms with Crippen LogP contribution in [0.15, 0.2) is 117 Å². The van der Waals surface area contributed by atoms with Gasteiger partial charge < -0.3 is 14.2 Å². The van der Waals surface area contributed by atoms with Gasteiger partial charge in [0.05, 0.1) is 49.4 Å². The fraction of sp³-hybridized carbons (Fsp3) is 0.243. The second-order valence-electron chi connectivity index (χ2n) is 11.6. The summed E-state index contributed by atoms with van der Waals surface area (Å²) in [5.74, 6) is 1.70. The Balaban J connectivity index is 1.35. The quantitative estimate of drug-likeness (QED) is 0.139. The number of hydrogen-bond donors (Lipinski definition) is 0. The van der Waals surface area contributed by atoms with Crippen LogP contribution in [-0.4, -0.2) is 63.6 Å². The largest absolute Gasteiger partial charge is 0.493 e. The van der Waals surface area contributed by atoms with Crippen LogP contribution in [0.4, 0.5) is 5.69 Å². The number of nitrogens with zero attached hydrogens (tertiary/aromatic N) is 4. The van der Waals surface area contributed by atoms with Crippen LogP contribution in [0.1, 0.15) is 19.4 Å². The number of hydrogen-bond acceptors (Lipinski definition) is 8. The van der Waals surface area contributed by atoms with Crippen molar-refractivity contribution < 1.29 is 22.6 Å².